The van der Waals surface area contributed by atoms with E-state index in [9.17, 15) is 5.11 Å². The summed E-state index contributed by atoms with van der Waals surface area (Å²) in [5.41, 5.74) is 0.662. The van der Waals surface area contributed by atoms with Gasteiger partial charge in [-0.25, -0.2) is 0 Å². The Morgan fingerprint density at radius 1 is 1.24 bits per heavy atom. The lowest BCUT2D eigenvalue weighted by Gasteiger charge is -2.26. The fourth-order valence-electron chi connectivity index (χ4n) is 1.72. The van der Waals surface area contributed by atoms with E-state index in [1.165, 1.54) is 0 Å². The summed E-state index contributed by atoms with van der Waals surface area (Å²) < 4.78 is 10.8. The highest BCUT2D eigenvalue weighted by atomic mass is 32.2. The maximum atomic E-state index is 9.46. The van der Waals surface area contributed by atoms with Gasteiger partial charge in [-0.05, 0) is 12.3 Å². The lowest BCUT2D eigenvalue weighted by atomic mass is 9.85. The highest BCUT2D eigenvalue weighted by Crippen LogP contribution is 2.43. The Balaban J connectivity index is 3.43. The molecule has 1 aromatic carbocycles. The number of thioether (sulfide) groups is 1. The Bertz CT molecular complexity index is 388. The molecule has 4 heteroatoms. The Morgan fingerprint density at radius 2 is 1.88 bits per heavy atom. The smallest absolute Gasteiger partial charge is 0.139 e. The third kappa shape index (κ3) is 2.69. The molecule has 3 nitrogen and oxygen atoms in total. The minimum absolute atomic E-state index is 0.0729. The normalized spacial score (nSPS) is 11.4. The molecule has 0 aliphatic carbocycles. The molecule has 0 atom stereocenters. The van der Waals surface area contributed by atoms with E-state index in [2.05, 4.69) is 0 Å². The van der Waals surface area contributed by atoms with Crippen molar-refractivity contribution in [3.05, 3.63) is 17.7 Å². The highest BCUT2D eigenvalue weighted by Gasteiger charge is 2.26. The molecule has 0 amide bonds. The largest absolute Gasteiger partial charge is 0.495 e. The monoisotopic (exact) mass is 256 g/mol. The van der Waals surface area contributed by atoms with E-state index in [0.29, 0.717) is 0 Å². The van der Waals surface area contributed by atoms with Crippen molar-refractivity contribution in [1.82, 2.24) is 0 Å². The standard InChI is InChI=1S/C13H20O3S/c1-13(2,8-14)9-6-7-10(15-3)12(17-5)11(9)16-4/h6-7,14H,8H2,1-5H3. The van der Waals surface area contributed by atoms with Gasteiger partial charge in [0.1, 0.15) is 11.5 Å². The fraction of sp³-hybridized carbons (Fsp3) is 0.538. The van der Waals surface area contributed by atoms with Gasteiger partial charge in [0.25, 0.3) is 0 Å². The number of rotatable bonds is 5. The summed E-state index contributed by atoms with van der Waals surface area (Å²) in [6.45, 7) is 4.05. The van der Waals surface area contributed by atoms with Crippen LogP contribution in [0, 0.1) is 0 Å². The minimum atomic E-state index is -0.331. The van der Waals surface area contributed by atoms with Gasteiger partial charge in [-0.2, -0.15) is 0 Å². The Labute approximate surface area is 107 Å². The second-order valence-electron chi connectivity index (χ2n) is 4.42. The van der Waals surface area contributed by atoms with Gasteiger partial charge in [0, 0.05) is 11.0 Å². The Kier molecular flexibility index (Phi) is 4.71. The van der Waals surface area contributed by atoms with Crippen molar-refractivity contribution in [3.63, 3.8) is 0 Å². The average Bonchev–Trinajstić information content (AvgIpc) is 2.36. The van der Waals surface area contributed by atoms with E-state index in [1.807, 2.05) is 32.2 Å². The molecular weight excluding hydrogens is 236 g/mol. The summed E-state index contributed by atoms with van der Waals surface area (Å²) in [6.07, 6.45) is 1.98. The molecule has 0 bridgehead atoms. The van der Waals surface area contributed by atoms with Crippen LogP contribution in [0.25, 0.3) is 0 Å². The molecule has 1 rings (SSSR count). The van der Waals surface area contributed by atoms with Crippen LogP contribution in [-0.2, 0) is 5.41 Å². The third-order valence-corrected chi connectivity index (χ3v) is 3.62. The second-order valence-corrected chi connectivity index (χ2v) is 5.24. The molecule has 1 N–H and O–H groups in total. The highest BCUT2D eigenvalue weighted by molar-refractivity contribution is 7.98. The van der Waals surface area contributed by atoms with Crippen LogP contribution in [0.2, 0.25) is 0 Å². The molecule has 0 aromatic heterocycles. The number of benzene rings is 1. The van der Waals surface area contributed by atoms with Crippen LogP contribution in [0.15, 0.2) is 17.0 Å². The first-order valence-corrected chi connectivity index (χ1v) is 6.64. The van der Waals surface area contributed by atoms with E-state index >= 15 is 0 Å². The van der Waals surface area contributed by atoms with Crippen LogP contribution in [0.5, 0.6) is 11.5 Å². The Hall–Kier alpha value is -0.870. The van der Waals surface area contributed by atoms with E-state index in [-0.39, 0.29) is 12.0 Å². The van der Waals surface area contributed by atoms with E-state index in [4.69, 9.17) is 9.47 Å². The zero-order chi connectivity index (χ0) is 13.1. The van der Waals surface area contributed by atoms with Crippen LogP contribution in [0.4, 0.5) is 0 Å². The zero-order valence-corrected chi connectivity index (χ0v) is 11.9. The molecule has 0 aliphatic heterocycles. The number of hydrogen-bond acceptors (Lipinski definition) is 4. The predicted octanol–water partition coefficient (Wildman–Crippen LogP) is 2.70. The molecule has 0 spiro atoms. The predicted molar refractivity (Wildman–Crippen MR) is 71.4 cm³/mol. The molecule has 0 heterocycles. The third-order valence-electron chi connectivity index (χ3n) is 2.83. The lowest BCUT2D eigenvalue weighted by Crippen LogP contribution is -2.23. The summed E-state index contributed by atoms with van der Waals surface area (Å²) in [4.78, 5) is 0.967. The molecule has 0 radical (unpaired) electrons. The topological polar surface area (TPSA) is 38.7 Å². The van der Waals surface area contributed by atoms with Crippen molar-refractivity contribution in [2.24, 2.45) is 0 Å². The summed E-state index contributed by atoms with van der Waals surface area (Å²) in [6, 6.07) is 3.87. The van der Waals surface area contributed by atoms with Crippen LogP contribution in [-0.4, -0.2) is 32.2 Å². The molecular formula is C13H20O3S. The maximum absolute atomic E-state index is 9.46. The van der Waals surface area contributed by atoms with Crippen LogP contribution in [0.1, 0.15) is 19.4 Å². The van der Waals surface area contributed by atoms with E-state index in [1.54, 1.807) is 26.0 Å². The van der Waals surface area contributed by atoms with Gasteiger partial charge >= 0.3 is 0 Å². The van der Waals surface area contributed by atoms with Gasteiger partial charge in [-0.1, -0.05) is 19.9 Å². The van der Waals surface area contributed by atoms with E-state index < -0.39 is 0 Å². The summed E-state index contributed by atoms with van der Waals surface area (Å²) in [5.74, 6) is 1.59. The maximum Gasteiger partial charge on any atom is 0.139 e. The van der Waals surface area contributed by atoms with Crippen LogP contribution >= 0.6 is 11.8 Å². The van der Waals surface area contributed by atoms with Crippen molar-refractivity contribution in [2.75, 3.05) is 27.1 Å². The van der Waals surface area contributed by atoms with Gasteiger partial charge in [0.15, 0.2) is 0 Å². The molecule has 0 saturated heterocycles. The minimum Gasteiger partial charge on any atom is -0.495 e. The molecule has 0 saturated carbocycles. The van der Waals surface area contributed by atoms with Crippen molar-refractivity contribution in [2.45, 2.75) is 24.2 Å². The Morgan fingerprint density at radius 3 is 2.29 bits per heavy atom. The number of hydrogen-bond donors (Lipinski definition) is 1. The van der Waals surface area contributed by atoms with E-state index in [0.717, 1.165) is 22.0 Å². The quantitative estimate of drug-likeness (QED) is 0.822. The van der Waals surface area contributed by atoms with Crippen molar-refractivity contribution in [3.8, 4) is 11.5 Å². The second kappa shape index (κ2) is 5.65. The number of aliphatic hydroxyl groups excluding tert-OH is 1. The first-order chi connectivity index (χ1) is 8.01. The number of methoxy groups -OCH3 is 2. The van der Waals surface area contributed by atoms with Crippen LogP contribution in [0.3, 0.4) is 0 Å². The zero-order valence-electron chi connectivity index (χ0n) is 11.0. The van der Waals surface area contributed by atoms with Gasteiger partial charge in [-0.15, -0.1) is 11.8 Å². The summed E-state index contributed by atoms with van der Waals surface area (Å²) in [5, 5.41) is 9.46. The molecule has 96 valence electrons. The van der Waals surface area contributed by atoms with Gasteiger partial charge in [0.2, 0.25) is 0 Å². The summed E-state index contributed by atoms with van der Waals surface area (Å²) >= 11 is 1.58. The molecule has 0 fully saturated rings. The number of aliphatic hydroxyl groups is 1. The first kappa shape index (κ1) is 14.2. The fourth-order valence-corrected chi connectivity index (χ4v) is 2.45. The van der Waals surface area contributed by atoms with Crippen molar-refractivity contribution < 1.29 is 14.6 Å². The number of ether oxygens (including phenoxy) is 2. The first-order valence-electron chi connectivity index (χ1n) is 5.42. The van der Waals surface area contributed by atoms with Gasteiger partial charge in [-0.3, -0.25) is 0 Å². The van der Waals surface area contributed by atoms with Crippen molar-refractivity contribution >= 4 is 11.8 Å². The molecule has 0 unspecified atom stereocenters. The van der Waals surface area contributed by atoms with Gasteiger partial charge in [0.05, 0.1) is 25.7 Å². The lowest BCUT2D eigenvalue weighted by molar-refractivity contribution is 0.214. The molecule has 1 aromatic rings. The van der Waals surface area contributed by atoms with Crippen LogP contribution < -0.4 is 9.47 Å². The van der Waals surface area contributed by atoms with Gasteiger partial charge < -0.3 is 14.6 Å². The summed E-state index contributed by atoms with van der Waals surface area (Å²) in [7, 11) is 3.29. The molecule has 17 heavy (non-hydrogen) atoms. The molecule has 0 aliphatic rings. The average molecular weight is 256 g/mol. The van der Waals surface area contributed by atoms with Crippen molar-refractivity contribution in [1.29, 1.82) is 0 Å². The SMILES string of the molecule is COc1ccc(C(C)(C)CO)c(OC)c1SC.